The molecule has 3 nitrogen and oxygen atoms in total. The molecule has 1 aliphatic rings. The van der Waals surface area contributed by atoms with Crippen LogP contribution in [0.5, 0.6) is 5.75 Å². The third kappa shape index (κ3) is 3.05. The third-order valence-corrected chi connectivity index (χ3v) is 3.47. The standard InChI is InChI=1S/C17H21NO2/c1-3-18-17(16-10-7-12(2)19-16)13-5-4-6-15(11-13)20-14-8-9-14/h4-7,10-11,14,17-18H,3,8-9H2,1-2H3. The molecule has 0 amide bonds. The molecular weight excluding hydrogens is 250 g/mol. The number of benzene rings is 1. The summed E-state index contributed by atoms with van der Waals surface area (Å²) in [4.78, 5) is 0. The van der Waals surface area contributed by atoms with Crippen LogP contribution in [0.3, 0.4) is 0 Å². The van der Waals surface area contributed by atoms with Crippen molar-refractivity contribution in [2.24, 2.45) is 0 Å². The molecule has 1 atom stereocenters. The summed E-state index contributed by atoms with van der Waals surface area (Å²) in [5, 5.41) is 3.48. The monoisotopic (exact) mass is 271 g/mol. The van der Waals surface area contributed by atoms with Crippen LogP contribution in [-0.2, 0) is 0 Å². The molecule has 0 bridgehead atoms. The van der Waals surface area contributed by atoms with E-state index in [1.165, 1.54) is 18.4 Å². The molecule has 0 spiro atoms. The quantitative estimate of drug-likeness (QED) is 0.867. The summed E-state index contributed by atoms with van der Waals surface area (Å²) in [6.07, 6.45) is 2.78. The van der Waals surface area contributed by atoms with Gasteiger partial charge in [-0.05, 0) is 56.1 Å². The van der Waals surface area contributed by atoms with Crippen molar-refractivity contribution in [3.05, 3.63) is 53.5 Å². The van der Waals surface area contributed by atoms with Gasteiger partial charge in [0.05, 0.1) is 12.1 Å². The first kappa shape index (κ1) is 13.3. The van der Waals surface area contributed by atoms with E-state index in [-0.39, 0.29) is 6.04 Å². The fraction of sp³-hybridized carbons (Fsp3) is 0.412. The van der Waals surface area contributed by atoms with Gasteiger partial charge in [-0.25, -0.2) is 0 Å². The summed E-state index contributed by atoms with van der Waals surface area (Å²) >= 11 is 0. The molecule has 1 N–H and O–H groups in total. The van der Waals surface area contributed by atoms with Crippen LogP contribution in [0.1, 0.15) is 42.9 Å². The second-order valence-corrected chi connectivity index (χ2v) is 5.33. The highest BCUT2D eigenvalue weighted by Crippen LogP contribution is 2.30. The number of nitrogens with one attached hydrogen (secondary N) is 1. The van der Waals surface area contributed by atoms with Crippen molar-refractivity contribution in [2.75, 3.05) is 6.54 Å². The maximum atomic E-state index is 5.88. The van der Waals surface area contributed by atoms with Crippen LogP contribution >= 0.6 is 0 Å². The molecule has 1 heterocycles. The van der Waals surface area contributed by atoms with Crippen LogP contribution in [-0.4, -0.2) is 12.6 Å². The smallest absolute Gasteiger partial charge is 0.125 e. The van der Waals surface area contributed by atoms with Crippen LogP contribution in [0.4, 0.5) is 0 Å². The van der Waals surface area contributed by atoms with E-state index in [4.69, 9.17) is 9.15 Å². The zero-order chi connectivity index (χ0) is 13.9. The van der Waals surface area contributed by atoms with Crippen molar-refractivity contribution in [1.82, 2.24) is 5.32 Å². The van der Waals surface area contributed by atoms with Crippen molar-refractivity contribution >= 4 is 0 Å². The maximum absolute atomic E-state index is 5.88. The molecule has 1 saturated carbocycles. The minimum Gasteiger partial charge on any atom is -0.490 e. The third-order valence-electron chi connectivity index (χ3n) is 3.47. The number of hydrogen-bond donors (Lipinski definition) is 1. The van der Waals surface area contributed by atoms with Crippen LogP contribution in [0, 0.1) is 6.92 Å². The minimum atomic E-state index is 0.0800. The van der Waals surface area contributed by atoms with Crippen LogP contribution in [0.2, 0.25) is 0 Å². The molecule has 1 aromatic heterocycles. The Hall–Kier alpha value is -1.74. The first-order valence-electron chi connectivity index (χ1n) is 7.32. The van der Waals surface area contributed by atoms with Gasteiger partial charge in [-0.1, -0.05) is 19.1 Å². The molecular formula is C17H21NO2. The Labute approximate surface area is 119 Å². The van der Waals surface area contributed by atoms with E-state index >= 15 is 0 Å². The molecule has 0 aliphatic heterocycles. The van der Waals surface area contributed by atoms with E-state index < -0.39 is 0 Å². The molecule has 1 aliphatic carbocycles. The molecule has 0 saturated heterocycles. The molecule has 1 fully saturated rings. The Morgan fingerprint density at radius 2 is 2.15 bits per heavy atom. The summed E-state index contributed by atoms with van der Waals surface area (Å²) in [7, 11) is 0. The molecule has 106 valence electrons. The van der Waals surface area contributed by atoms with Crippen LogP contribution < -0.4 is 10.1 Å². The van der Waals surface area contributed by atoms with E-state index in [1.54, 1.807) is 0 Å². The van der Waals surface area contributed by atoms with Gasteiger partial charge in [0.15, 0.2) is 0 Å². The van der Waals surface area contributed by atoms with E-state index in [1.807, 2.05) is 31.2 Å². The van der Waals surface area contributed by atoms with Gasteiger partial charge in [0.1, 0.15) is 17.3 Å². The zero-order valence-corrected chi connectivity index (χ0v) is 12.1. The molecule has 20 heavy (non-hydrogen) atoms. The Bertz CT molecular complexity index is 572. The molecule has 1 aromatic carbocycles. The van der Waals surface area contributed by atoms with Gasteiger partial charge < -0.3 is 14.5 Å². The van der Waals surface area contributed by atoms with E-state index in [0.29, 0.717) is 6.10 Å². The number of ether oxygens (including phenoxy) is 1. The second kappa shape index (κ2) is 5.71. The predicted octanol–water partition coefficient (Wildman–Crippen LogP) is 3.83. The molecule has 0 radical (unpaired) electrons. The summed E-state index contributed by atoms with van der Waals surface area (Å²) in [5.41, 5.74) is 1.18. The van der Waals surface area contributed by atoms with Gasteiger partial charge in [0.2, 0.25) is 0 Å². The maximum Gasteiger partial charge on any atom is 0.125 e. The van der Waals surface area contributed by atoms with Gasteiger partial charge >= 0.3 is 0 Å². The first-order chi connectivity index (χ1) is 9.76. The Balaban J connectivity index is 1.86. The fourth-order valence-electron chi connectivity index (χ4n) is 2.34. The van der Waals surface area contributed by atoms with Gasteiger partial charge in [-0.2, -0.15) is 0 Å². The van der Waals surface area contributed by atoms with Crippen molar-refractivity contribution in [1.29, 1.82) is 0 Å². The normalized spacial score (nSPS) is 16.1. The largest absolute Gasteiger partial charge is 0.490 e. The SMILES string of the molecule is CCNC(c1cccc(OC2CC2)c1)c1ccc(C)o1. The molecule has 3 rings (SSSR count). The average molecular weight is 271 g/mol. The van der Waals surface area contributed by atoms with Gasteiger partial charge in [-0.15, -0.1) is 0 Å². The van der Waals surface area contributed by atoms with Crippen molar-refractivity contribution in [3.63, 3.8) is 0 Å². The summed E-state index contributed by atoms with van der Waals surface area (Å²) in [6, 6.07) is 12.4. The molecule has 3 heteroatoms. The van der Waals surface area contributed by atoms with Crippen molar-refractivity contribution in [3.8, 4) is 5.75 Å². The van der Waals surface area contributed by atoms with Gasteiger partial charge in [-0.3, -0.25) is 0 Å². The van der Waals surface area contributed by atoms with E-state index in [2.05, 4.69) is 24.4 Å². The van der Waals surface area contributed by atoms with Crippen molar-refractivity contribution in [2.45, 2.75) is 38.8 Å². The highest BCUT2D eigenvalue weighted by atomic mass is 16.5. The lowest BCUT2D eigenvalue weighted by molar-refractivity contribution is 0.302. The Morgan fingerprint density at radius 3 is 2.80 bits per heavy atom. The lowest BCUT2D eigenvalue weighted by Crippen LogP contribution is -2.21. The topological polar surface area (TPSA) is 34.4 Å². The first-order valence-corrected chi connectivity index (χ1v) is 7.32. The second-order valence-electron chi connectivity index (χ2n) is 5.33. The molecule has 1 unspecified atom stereocenters. The van der Waals surface area contributed by atoms with Crippen LogP contribution in [0.25, 0.3) is 0 Å². The highest BCUT2D eigenvalue weighted by Gasteiger charge is 2.24. The number of furan rings is 1. The lowest BCUT2D eigenvalue weighted by Gasteiger charge is -2.17. The van der Waals surface area contributed by atoms with Crippen molar-refractivity contribution < 1.29 is 9.15 Å². The fourth-order valence-corrected chi connectivity index (χ4v) is 2.34. The van der Waals surface area contributed by atoms with Gasteiger partial charge in [0, 0.05) is 0 Å². The number of rotatable bonds is 6. The average Bonchev–Trinajstić information content (AvgIpc) is 3.16. The number of aryl methyl sites for hydroxylation is 1. The van der Waals surface area contributed by atoms with Crippen LogP contribution in [0.15, 0.2) is 40.8 Å². The number of hydrogen-bond acceptors (Lipinski definition) is 3. The Kier molecular flexibility index (Phi) is 3.79. The Morgan fingerprint density at radius 1 is 1.30 bits per heavy atom. The van der Waals surface area contributed by atoms with E-state index in [0.717, 1.165) is 23.8 Å². The predicted molar refractivity (Wildman–Crippen MR) is 79.1 cm³/mol. The summed E-state index contributed by atoms with van der Waals surface area (Å²) in [5.74, 6) is 2.84. The summed E-state index contributed by atoms with van der Waals surface area (Å²) < 4.78 is 11.7. The zero-order valence-electron chi connectivity index (χ0n) is 12.1. The molecule has 2 aromatic rings. The lowest BCUT2D eigenvalue weighted by atomic mass is 10.0. The van der Waals surface area contributed by atoms with Gasteiger partial charge in [0.25, 0.3) is 0 Å². The minimum absolute atomic E-state index is 0.0800. The highest BCUT2D eigenvalue weighted by molar-refractivity contribution is 5.34. The summed E-state index contributed by atoms with van der Waals surface area (Å²) in [6.45, 7) is 4.96. The van der Waals surface area contributed by atoms with E-state index in [9.17, 15) is 0 Å².